The predicted octanol–water partition coefficient (Wildman–Crippen LogP) is 1.42. The van der Waals surface area contributed by atoms with Gasteiger partial charge in [-0.3, -0.25) is 4.79 Å². The smallest absolute Gasteiger partial charge is 0.257 e. The molecule has 0 spiro atoms. The average molecular weight is 272 g/mol. The van der Waals surface area contributed by atoms with E-state index in [-0.39, 0.29) is 5.91 Å². The van der Waals surface area contributed by atoms with Crippen LogP contribution in [-0.2, 0) is 0 Å². The molecule has 1 amide bonds. The molecule has 0 unspecified atom stereocenters. The summed E-state index contributed by atoms with van der Waals surface area (Å²) < 4.78 is 1.92. The fourth-order valence-electron chi connectivity index (χ4n) is 2.74. The van der Waals surface area contributed by atoms with Crippen molar-refractivity contribution in [3.05, 3.63) is 35.8 Å². The number of imidazole rings is 1. The van der Waals surface area contributed by atoms with Gasteiger partial charge in [0.25, 0.3) is 5.91 Å². The van der Waals surface area contributed by atoms with Crippen LogP contribution in [-0.4, -0.2) is 57.8 Å². The topological polar surface area (TPSA) is 40.9 Å². The first-order valence-corrected chi connectivity index (χ1v) is 7.15. The van der Waals surface area contributed by atoms with Crippen LogP contribution < -0.4 is 0 Å². The van der Waals surface area contributed by atoms with Gasteiger partial charge in [-0.1, -0.05) is 6.92 Å². The predicted molar refractivity (Wildman–Crippen MR) is 77.9 cm³/mol. The van der Waals surface area contributed by atoms with Gasteiger partial charge in [0, 0.05) is 38.6 Å². The maximum Gasteiger partial charge on any atom is 0.257 e. The zero-order valence-electron chi connectivity index (χ0n) is 12.0. The SMILES string of the molecule is CCN1CCN(C(=O)c2cccn3cc(C)nc23)CC1. The van der Waals surface area contributed by atoms with Gasteiger partial charge in [-0.15, -0.1) is 0 Å². The number of aryl methyl sites for hydroxylation is 1. The summed E-state index contributed by atoms with van der Waals surface area (Å²) in [6, 6.07) is 3.78. The maximum absolute atomic E-state index is 12.7. The van der Waals surface area contributed by atoms with E-state index in [0.717, 1.165) is 44.1 Å². The molecule has 1 fully saturated rings. The van der Waals surface area contributed by atoms with E-state index in [0.29, 0.717) is 5.56 Å². The Morgan fingerprint density at radius 1 is 1.30 bits per heavy atom. The van der Waals surface area contributed by atoms with Crippen molar-refractivity contribution in [1.82, 2.24) is 19.2 Å². The molecule has 0 radical (unpaired) electrons. The summed E-state index contributed by atoms with van der Waals surface area (Å²) in [5.41, 5.74) is 2.39. The Morgan fingerprint density at radius 2 is 2.05 bits per heavy atom. The molecule has 0 bridgehead atoms. The highest BCUT2D eigenvalue weighted by Gasteiger charge is 2.23. The minimum Gasteiger partial charge on any atom is -0.336 e. The number of likely N-dealkylation sites (N-methyl/N-ethyl adjacent to an activating group) is 1. The van der Waals surface area contributed by atoms with E-state index in [1.807, 2.05) is 40.8 Å². The molecular weight excluding hydrogens is 252 g/mol. The van der Waals surface area contributed by atoms with Crippen molar-refractivity contribution >= 4 is 11.6 Å². The molecule has 0 atom stereocenters. The molecule has 1 aliphatic rings. The molecule has 2 aromatic heterocycles. The first-order chi connectivity index (χ1) is 9.69. The molecule has 5 nitrogen and oxygen atoms in total. The minimum absolute atomic E-state index is 0.0944. The number of piperazine rings is 1. The highest BCUT2D eigenvalue weighted by Crippen LogP contribution is 2.14. The number of aromatic nitrogens is 2. The summed E-state index contributed by atoms with van der Waals surface area (Å²) >= 11 is 0. The van der Waals surface area contributed by atoms with E-state index in [2.05, 4.69) is 16.8 Å². The number of carbonyl (C=O) groups is 1. The summed E-state index contributed by atoms with van der Waals surface area (Å²) in [7, 11) is 0. The van der Waals surface area contributed by atoms with E-state index in [1.54, 1.807) is 0 Å². The van der Waals surface area contributed by atoms with E-state index in [1.165, 1.54) is 0 Å². The fraction of sp³-hybridized carbons (Fsp3) is 0.467. The molecular formula is C15H20N4O. The van der Waals surface area contributed by atoms with E-state index in [4.69, 9.17) is 0 Å². The van der Waals surface area contributed by atoms with Crippen molar-refractivity contribution < 1.29 is 4.79 Å². The van der Waals surface area contributed by atoms with Crippen LogP contribution in [0.1, 0.15) is 23.0 Å². The van der Waals surface area contributed by atoms with E-state index < -0.39 is 0 Å². The second-order valence-corrected chi connectivity index (χ2v) is 5.26. The number of rotatable bonds is 2. The molecule has 106 valence electrons. The minimum atomic E-state index is 0.0944. The van der Waals surface area contributed by atoms with Crippen LogP contribution in [0.25, 0.3) is 5.65 Å². The van der Waals surface area contributed by atoms with Crippen molar-refractivity contribution in [2.75, 3.05) is 32.7 Å². The van der Waals surface area contributed by atoms with Crippen LogP contribution in [0.3, 0.4) is 0 Å². The lowest BCUT2D eigenvalue weighted by atomic mass is 10.2. The number of pyridine rings is 1. The second-order valence-electron chi connectivity index (χ2n) is 5.26. The van der Waals surface area contributed by atoms with Crippen molar-refractivity contribution in [2.24, 2.45) is 0 Å². The lowest BCUT2D eigenvalue weighted by Crippen LogP contribution is -2.48. The third-order valence-corrected chi connectivity index (χ3v) is 3.94. The van der Waals surface area contributed by atoms with Gasteiger partial charge in [-0.05, 0) is 25.6 Å². The van der Waals surface area contributed by atoms with Crippen LogP contribution in [0.15, 0.2) is 24.5 Å². The fourth-order valence-corrected chi connectivity index (χ4v) is 2.74. The number of hydrogen-bond donors (Lipinski definition) is 0. The number of fused-ring (bicyclic) bond motifs is 1. The number of carbonyl (C=O) groups excluding carboxylic acids is 1. The Hall–Kier alpha value is -1.88. The Labute approximate surface area is 118 Å². The standard InChI is InChI=1S/C15H20N4O/c1-3-17-7-9-18(10-8-17)15(20)13-5-4-6-19-11-12(2)16-14(13)19/h4-6,11H,3,7-10H2,1-2H3. The van der Waals surface area contributed by atoms with Crippen LogP contribution in [0.5, 0.6) is 0 Å². The number of hydrogen-bond acceptors (Lipinski definition) is 3. The van der Waals surface area contributed by atoms with Gasteiger partial charge >= 0.3 is 0 Å². The Bertz CT molecular complexity index is 626. The molecule has 20 heavy (non-hydrogen) atoms. The largest absolute Gasteiger partial charge is 0.336 e. The highest BCUT2D eigenvalue weighted by molar-refractivity contribution is 5.99. The maximum atomic E-state index is 12.7. The number of amides is 1. The molecule has 0 aromatic carbocycles. The van der Waals surface area contributed by atoms with E-state index >= 15 is 0 Å². The Balaban J connectivity index is 1.86. The summed E-state index contributed by atoms with van der Waals surface area (Å²) in [6.07, 6.45) is 3.88. The molecule has 3 rings (SSSR count). The second kappa shape index (κ2) is 5.25. The van der Waals surface area contributed by atoms with Crippen molar-refractivity contribution in [3.63, 3.8) is 0 Å². The van der Waals surface area contributed by atoms with Gasteiger partial charge in [0.05, 0.1) is 11.3 Å². The quantitative estimate of drug-likeness (QED) is 0.830. The molecule has 2 aromatic rings. The molecule has 5 heteroatoms. The van der Waals surface area contributed by atoms with Crippen molar-refractivity contribution in [3.8, 4) is 0 Å². The summed E-state index contributed by atoms with van der Waals surface area (Å²) in [6.45, 7) is 8.67. The molecule has 1 aliphatic heterocycles. The molecule has 0 aliphatic carbocycles. The van der Waals surface area contributed by atoms with E-state index in [9.17, 15) is 4.79 Å². The lowest BCUT2D eigenvalue weighted by Gasteiger charge is -2.34. The normalized spacial score (nSPS) is 16.8. The Kier molecular flexibility index (Phi) is 3.44. The zero-order valence-corrected chi connectivity index (χ0v) is 12.0. The number of nitrogens with zero attached hydrogens (tertiary/aromatic N) is 4. The Morgan fingerprint density at radius 3 is 2.75 bits per heavy atom. The van der Waals surface area contributed by atoms with Gasteiger partial charge in [-0.25, -0.2) is 4.98 Å². The van der Waals surface area contributed by atoms with Crippen LogP contribution in [0.2, 0.25) is 0 Å². The highest BCUT2D eigenvalue weighted by atomic mass is 16.2. The van der Waals surface area contributed by atoms with Gasteiger partial charge < -0.3 is 14.2 Å². The van der Waals surface area contributed by atoms with Crippen LogP contribution in [0.4, 0.5) is 0 Å². The third-order valence-electron chi connectivity index (χ3n) is 3.94. The first kappa shape index (κ1) is 13.1. The van der Waals surface area contributed by atoms with Gasteiger partial charge in [-0.2, -0.15) is 0 Å². The lowest BCUT2D eigenvalue weighted by molar-refractivity contribution is 0.0644. The summed E-state index contributed by atoms with van der Waals surface area (Å²) in [5, 5.41) is 0. The third kappa shape index (κ3) is 2.29. The molecule has 0 N–H and O–H groups in total. The average Bonchev–Trinajstić information content (AvgIpc) is 2.86. The first-order valence-electron chi connectivity index (χ1n) is 7.15. The zero-order chi connectivity index (χ0) is 14.1. The monoisotopic (exact) mass is 272 g/mol. The van der Waals surface area contributed by atoms with Crippen molar-refractivity contribution in [2.45, 2.75) is 13.8 Å². The van der Waals surface area contributed by atoms with Crippen LogP contribution >= 0.6 is 0 Å². The van der Waals surface area contributed by atoms with Gasteiger partial charge in [0.2, 0.25) is 0 Å². The van der Waals surface area contributed by atoms with Crippen LogP contribution in [0, 0.1) is 6.92 Å². The molecule has 1 saturated heterocycles. The van der Waals surface area contributed by atoms with Gasteiger partial charge in [0.15, 0.2) is 0 Å². The van der Waals surface area contributed by atoms with Crippen molar-refractivity contribution in [1.29, 1.82) is 0 Å². The summed E-state index contributed by atoms with van der Waals surface area (Å²) in [5.74, 6) is 0.0944. The molecule has 3 heterocycles. The summed E-state index contributed by atoms with van der Waals surface area (Å²) in [4.78, 5) is 21.4. The van der Waals surface area contributed by atoms with Gasteiger partial charge in [0.1, 0.15) is 5.65 Å². The molecule has 0 saturated carbocycles.